The summed E-state index contributed by atoms with van der Waals surface area (Å²) in [4.78, 5) is 4.10. The van der Waals surface area contributed by atoms with Gasteiger partial charge in [0.25, 0.3) is 0 Å². The van der Waals surface area contributed by atoms with E-state index in [2.05, 4.69) is 14.8 Å². The highest BCUT2D eigenvalue weighted by molar-refractivity contribution is 7.89. The summed E-state index contributed by atoms with van der Waals surface area (Å²) in [7, 11) is -3.50. The van der Waals surface area contributed by atoms with Gasteiger partial charge in [-0.25, -0.2) is 18.1 Å². The molecule has 13 heteroatoms. The lowest BCUT2D eigenvalue weighted by atomic mass is 9.88. The van der Waals surface area contributed by atoms with Crippen LogP contribution in [0.4, 0.5) is 13.2 Å². The number of hydrogen-bond donors (Lipinski definition) is 1. The fourth-order valence-corrected chi connectivity index (χ4v) is 4.95. The Kier molecular flexibility index (Phi) is 6.75. The number of ether oxygens (including phenoxy) is 2. The predicted molar refractivity (Wildman–Crippen MR) is 130 cm³/mol. The van der Waals surface area contributed by atoms with E-state index < -0.39 is 27.3 Å². The number of rotatable bonds is 9. The van der Waals surface area contributed by atoms with Crippen LogP contribution in [-0.4, -0.2) is 42.1 Å². The highest BCUT2D eigenvalue weighted by Crippen LogP contribution is 2.35. The second kappa shape index (κ2) is 9.89. The van der Waals surface area contributed by atoms with E-state index >= 15 is 0 Å². The first kappa shape index (κ1) is 25.9. The number of oxazole rings is 1. The van der Waals surface area contributed by atoms with Gasteiger partial charge < -0.3 is 13.9 Å². The van der Waals surface area contributed by atoms with E-state index in [0.717, 1.165) is 17.7 Å². The molecule has 1 fully saturated rings. The molecule has 38 heavy (non-hydrogen) atoms. The molecule has 5 rings (SSSR count). The van der Waals surface area contributed by atoms with Crippen LogP contribution in [0.15, 0.2) is 71.7 Å². The van der Waals surface area contributed by atoms with E-state index in [1.54, 1.807) is 19.1 Å². The summed E-state index contributed by atoms with van der Waals surface area (Å²) >= 11 is 0. The first-order valence-corrected chi connectivity index (χ1v) is 13.2. The van der Waals surface area contributed by atoms with Gasteiger partial charge >= 0.3 is 6.18 Å². The summed E-state index contributed by atoms with van der Waals surface area (Å²) in [6.45, 7) is 2.13. The van der Waals surface area contributed by atoms with Gasteiger partial charge in [-0.05, 0) is 42.8 Å². The Hall–Kier alpha value is -3.68. The van der Waals surface area contributed by atoms with Crippen molar-refractivity contribution in [2.24, 2.45) is 0 Å². The zero-order chi connectivity index (χ0) is 27.0. The molecule has 0 saturated carbocycles. The molecule has 0 amide bonds. The van der Waals surface area contributed by atoms with Gasteiger partial charge in [-0.15, -0.1) is 0 Å². The first-order valence-electron chi connectivity index (χ1n) is 11.6. The minimum Gasteiger partial charge on any atom is -0.451 e. The molecule has 0 spiro atoms. The van der Waals surface area contributed by atoms with Crippen molar-refractivity contribution in [3.05, 3.63) is 84.1 Å². The standard InChI is InChI=1S/C25H23F3N4O5S/c1-2-38(33,34)31-24(14-36-15-24)19-5-3-4-17(10-19)22-11-23(32(30-22)12-20-13-35-16-29-20)37-21-8-6-18(7-9-21)25(26,27)28/h3-11,13,16,31H,2,12,14-15H2,1H3. The fourth-order valence-electron chi connectivity index (χ4n) is 3.97. The largest absolute Gasteiger partial charge is 0.451 e. The number of aromatic nitrogens is 3. The van der Waals surface area contributed by atoms with Crippen LogP contribution in [0.2, 0.25) is 0 Å². The molecular weight excluding hydrogens is 525 g/mol. The Morgan fingerprint density at radius 2 is 1.89 bits per heavy atom. The first-order chi connectivity index (χ1) is 18.1. The van der Waals surface area contributed by atoms with E-state index in [-0.39, 0.29) is 37.1 Å². The molecule has 2 aromatic carbocycles. The minimum atomic E-state index is -4.46. The van der Waals surface area contributed by atoms with Crippen LogP contribution in [0.5, 0.6) is 11.6 Å². The monoisotopic (exact) mass is 548 g/mol. The highest BCUT2D eigenvalue weighted by Gasteiger charge is 2.43. The van der Waals surface area contributed by atoms with Crippen molar-refractivity contribution in [1.29, 1.82) is 0 Å². The summed E-state index contributed by atoms with van der Waals surface area (Å²) in [5.41, 5.74) is 0.797. The number of benzene rings is 2. The fraction of sp³-hybridized carbons (Fsp3) is 0.280. The molecule has 0 aliphatic carbocycles. The van der Waals surface area contributed by atoms with Crippen LogP contribution in [0, 0.1) is 0 Å². The molecule has 3 heterocycles. The molecule has 0 atom stereocenters. The second-order valence-electron chi connectivity index (χ2n) is 8.79. The zero-order valence-electron chi connectivity index (χ0n) is 20.1. The highest BCUT2D eigenvalue weighted by atomic mass is 32.2. The SMILES string of the molecule is CCS(=O)(=O)NC1(c2cccc(-c3cc(Oc4ccc(C(F)(F)F)cc4)n(Cc4cocn4)n3)c2)COC1. The topological polar surface area (TPSA) is 108 Å². The normalized spacial score (nSPS) is 15.3. The maximum absolute atomic E-state index is 13.0. The van der Waals surface area contributed by atoms with Gasteiger partial charge in [0.2, 0.25) is 15.9 Å². The Morgan fingerprint density at radius 1 is 1.13 bits per heavy atom. The predicted octanol–water partition coefficient (Wildman–Crippen LogP) is 4.56. The summed E-state index contributed by atoms with van der Waals surface area (Å²) in [6, 6.07) is 13.2. The summed E-state index contributed by atoms with van der Waals surface area (Å²) in [6.07, 6.45) is -1.74. The third kappa shape index (κ3) is 5.44. The summed E-state index contributed by atoms with van der Waals surface area (Å²) in [5, 5.41) is 4.63. The number of alkyl halides is 3. The van der Waals surface area contributed by atoms with E-state index in [4.69, 9.17) is 13.9 Å². The van der Waals surface area contributed by atoms with Crippen LogP contribution < -0.4 is 9.46 Å². The quantitative estimate of drug-likeness (QED) is 0.327. The third-order valence-electron chi connectivity index (χ3n) is 6.08. The van der Waals surface area contributed by atoms with Gasteiger partial charge in [0.15, 0.2) is 6.39 Å². The lowest BCUT2D eigenvalue weighted by molar-refractivity contribution is -0.137. The van der Waals surface area contributed by atoms with Gasteiger partial charge in [-0.2, -0.15) is 23.0 Å². The molecule has 2 aromatic heterocycles. The van der Waals surface area contributed by atoms with Crippen molar-refractivity contribution in [2.45, 2.75) is 25.2 Å². The zero-order valence-corrected chi connectivity index (χ0v) is 20.9. The van der Waals surface area contributed by atoms with E-state index in [0.29, 0.717) is 17.0 Å². The van der Waals surface area contributed by atoms with Crippen LogP contribution in [0.3, 0.4) is 0 Å². The number of hydrogen-bond acceptors (Lipinski definition) is 7. The number of sulfonamides is 1. The van der Waals surface area contributed by atoms with Crippen molar-refractivity contribution in [1.82, 2.24) is 19.5 Å². The van der Waals surface area contributed by atoms with E-state index in [1.165, 1.54) is 29.5 Å². The number of halogens is 3. The Morgan fingerprint density at radius 3 is 2.50 bits per heavy atom. The molecule has 9 nitrogen and oxygen atoms in total. The maximum Gasteiger partial charge on any atom is 0.416 e. The van der Waals surface area contributed by atoms with Crippen molar-refractivity contribution >= 4 is 10.0 Å². The summed E-state index contributed by atoms with van der Waals surface area (Å²) in [5.74, 6) is 0.395. The minimum absolute atomic E-state index is 0.0639. The van der Waals surface area contributed by atoms with Gasteiger partial charge in [0.1, 0.15) is 23.2 Å². The van der Waals surface area contributed by atoms with Crippen molar-refractivity contribution in [2.75, 3.05) is 19.0 Å². The van der Waals surface area contributed by atoms with Gasteiger partial charge in [-0.3, -0.25) is 0 Å². The summed E-state index contributed by atoms with van der Waals surface area (Å²) < 4.78 is 84.0. The van der Waals surface area contributed by atoms with Crippen molar-refractivity contribution < 1.29 is 35.5 Å². The lowest BCUT2D eigenvalue weighted by Crippen LogP contribution is -2.59. The molecule has 4 aromatic rings. The molecule has 0 radical (unpaired) electrons. The Bertz CT molecular complexity index is 1510. The smallest absolute Gasteiger partial charge is 0.416 e. The number of nitrogens with zero attached hydrogens (tertiary/aromatic N) is 3. The van der Waals surface area contributed by atoms with Crippen LogP contribution in [0.1, 0.15) is 23.7 Å². The van der Waals surface area contributed by atoms with Crippen molar-refractivity contribution in [3.63, 3.8) is 0 Å². The van der Waals surface area contributed by atoms with Gasteiger partial charge in [0.05, 0.1) is 36.8 Å². The van der Waals surface area contributed by atoms with Crippen LogP contribution in [0.25, 0.3) is 11.3 Å². The second-order valence-corrected chi connectivity index (χ2v) is 10.8. The molecule has 1 N–H and O–H groups in total. The average Bonchev–Trinajstić information content (AvgIpc) is 3.52. The van der Waals surface area contributed by atoms with Crippen LogP contribution in [-0.2, 0) is 33.0 Å². The number of nitrogens with one attached hydrogen (secondary N) is 1. The molecule has 1 aliphatic heterocycles. The van der Waals surface area contributed by atoms with Gasteiger partial charge in [-0.1, -0.05) is 18.2 Å². The Balaban J connectivity index is 1.48. The average molecular weight is 549 g/mol. The van der Waals surface area contributed by atoms with Crippen LogP contribution >= 0.6 is 0 Å². The van der Waals surface area contributed by atoms with Gasteiger partial charge in [0, 0.05) is 11.6 Å². The van der Waals surface area contributed by atoms with E-state index in [9.17, 15) is 21.6 Å². The molecular formula is C25H23F3N4O5S. The molecule has 200 valence electrons. The van der Waals surface area contributed by atoms with E-state index in [1.807, 2.05) is 18.2 Å². The third-order valence-corrected chi connectivity index (χ3v) is 7.54. The Labute approximate surface area is 216 Å². The maximum atomic E-state index is 13.0. The molecule has 0 unspecified atom stereocenters. The molecule has 1 saturated heterocycles. The molecule has 0 bridgehead atoms. The van der Waals surface area contributed by atoms with Crippen molar-refractivity contribution in [3.8, 4) is 22.9 Å². The molecule has 1 aliphatic rings. The lowest BCUT2D eigenvalue weighted by Gasteiger charge is -2.42.